The van der Waals surface area contributed by atoms with Gasteiger partial charge in [0.1, 0.15) is 11.5 Å². The Morgan fingerprint density at radius 3 is 2.65 bits per heavy atom. The first-order chi connectivity index (χ1) is 9.51. The third-order valence-corrected chi connectivity index (χ3v) is 3.26. The first-order valence-corrected chi connectivity index (χ1v) is 6.74. The molecule has 2 aromatic rings. The third kappa shape index (κ3) is 3.26. The molecule has 0 aliphatic heterocycles. The fraction of sp³-hybridized carbons (Fsp3) is 0.214. The predicted molar refractivity (Wildman–Crippen MR) is 80.8 cm³/mol. The Morgan fingerprint density at radius 1 is 1.25 bits per heavy atom. The number of aryl methyl sites for hydroxylation is 1. The highest BCUT2D eigenvalue weighted by Crippen LogP contribution is 2.21. The van der Waals surface area contributed by atoms with Gasteiger partial charge in [-0.1, -0.05) is 29.3 Å². The van der Waals surface area contributed by atoms with E-state index in [4.69, 9.17) is 23.2 Å². The number of carbonyl (C=O) groups is 1. The molecule has 0 amide bonds. The molecule has 0 unspecified atom stereocenters. The number of nitrogens with zero attached hydrogens (tertiary/aromatic N) is 2. The van der Waals surface area contributed by atoms with Crippen LogP contribution in [-0.4, -0.2) is 22.8 Å². The number of hydrogen-bond acceptors (Lipinski definition) is 4. The zero-order valence-electron chi connectivity index (χ0n) is 11.1. The number of carbonyl (C=O) groups excluding carboxylic acids is 1. The maximum Gasteiger partial charge on any atom is 0.187 e. The molecule has 0 atom stereocenters. The van der Waals surface area contributed by atoms with Crippen molar-refractivity contribution in [1.29, 1.82) is 0 Å². The molecule has 20 heavy (non-hydrogen) atoms. The first-order valence-electron chi connectivity index (χ1n) is 5.98. The number of aromatic nitrogens is 2. The van der Waals surface area contributed by atoms with Gasteiger partial charge in [-0.2, -0.15) is 0 Å². The van der Waals surface area contributed by atoms with Crippen LogP contribution in [0.5, 0.6) is 0 Å². The van der Waals surface area contributed by atoms with Crippen molar-refractivity contribution in [2.24, 2.45) is 0 Å². The fourth-order valence-corrected chi connectivity index (χ4v) is 2.35. The van der Waals surface area contributed by atoms with Gasteiger partial charge in [0.2, 0.25) is 0 Å². The Balaban J connectivity index is 2.30. The average molecular weight is 310 g/mol. The standard InChI is InChI=1S/C14H13Cl2N3O/c1-8-3-9(14(17-2)19-6-8)4-12(20)13-11(16)5-10(15)7-18-13/h3,5-7H,4H2,1-2H3,(H,17,19). The van der Waals surface area contributed by atoms with E-state index in [2.05, 4.69) is 15.3 Å². The number of anilines is 1. The van der Waals surface area contributed by atoms with Crippen molar-refractivity contribution in [2.75, 3.05) is 12.4 Å². The van der Waals surface area contributed by atoms with Gasteiger partial charge in [-0.05, 0) is 18.6 Å². The fourth-order valence-electron chi connectivity index (χ4n) is 1.87. The first kappa shape index (κ1) is 14.8. The molecule has 0 aliphatic rings. The molecule has 0 spiro atoms. The largest absolute Gasteiger partial charge is 0.373 e. The second-order valence-electron chi connectivity index (χ2n) is 4.35. The van der Waals surface area contributed by atoms with Crippen LogP contribution >= 0.6 is 23.2 Å². The minimum absolute atomic E-state index is 0.171. The van der Waals surface area contributed by atoms with Gasteiger partial charge < -0.3 is 5.32 Å². The monoisotopic (exact) mass is 309 g/mol. The Labute approximate surface area is 127 Å². The lowest BCUT2D eigenvalue weighted by molar-refractivity contribution is 0.0988. The summed E-state index contributed by atoms with van der Waals surface area (Å²) >= 11 is 11.8. The molecule has 0 aliphatic carbocycles. The van der Waals surface area contributed by atoms with E-state index in [0.29, 0.717) is 10.8 Å². The van der Waals surface area contributed by atoms with Gasteiger partial charge in [-0.3, -0.25) is 4.79 Å². The maximum atomic E-state index is 12.3. The Hall–Kier alpha value is -1.65. The summed E-state index contributed by atoms with van der Waals surface area (Å²) in [5.41, 5.74) is 2.02. The molecule has 2 heterocycles. The summed E-state index contributed by atoms with van der Waals surface area (Å²) in [6, 6.07) is 3.43. The van der Waals surface area contributed by atoms with E-state index in [-0.39, 0.29) is 22.9 Å². The van der Waals surface area contributed by atoms with E-state index in [9.17, 15) is 4.79 Å². The minimum Gasteiger partial charge on any atom is -0.373 e. The van der Waals surface area contributed by atoms with E-state index in [0.717, 1.165) is 11.1 Å². The molecular formula is C14H13Cl2N3O. The van der Waals surface area contributed by atoms with Gasteiger partial charge in [0, 0.05) is 31.4 Å². The third-order valence-electron chi connectivity index (χ3n) is 2.76. The summed E-state index contributed by atoms with van der Waals surface area (Å²) in [5.74, 6) is 0.504. The molecule has 2 rings (SSSR count). The molecule has 0 fully saturated rings. The van der Waals surface area contributed by atoms with Crippen LogP contribution in [-0.2, 0) is 6.42 Å². The quantitative estimate of drug-likeness (QED) is 0.877. The van der Waals surface area contributed by atoms with Crippen molar-refractivity contribution < 1.29 is 4.79 Å². The summed E-state index contributed by atoms with van der Waals surface area (Å²) in [7, 11) is 1.76. The summed E-state index contributed by atoms with van der Waals surface area (Å²) in [4.78, 5) is 20.5. The number of nitrogens with one attached hydrogen (secondary N) is 1. The van der Waals surface area contributed by atoms with E-state index in [1.807, 2.05) is 13.0 Å². The number of hydrogen-bond donors (Lipinski definition) is 1. The Bertz CT molecular complexity index is 659. The van der Waals surface area contributed by atoms with Crippen LogP contribution in [0, 0.1) is 6.92 Å². The molecular weight excluding hydrogens is 297 g/mol. The number of rotatable bonds is 4. The van der Waals surface area contributed by atoms with E-state index in [1.165, 1.54) is 12.3 Å². The second-order valence-corrected chi connectivity index (χ2v) is 5.20. The Kier molecular flexibility index (Phi) is 4.57. The zero-order valence-corrected chi connectivity index (χ0v) is 12.6. The molecule has 0 radical (unpaired) electrons. The topological polar surface area (TPSA) is 54.9 Å². The van der Waals surface area contributed by atoms with Crippen molar-refractivity contribution in [2.45, 2.75) is 13.3 Å². The minimum atomic E-state index is -0.171. The van der Waals surface area contributed by atoms with E-state index in [1.54, 1.807) is 13.2 Å². The van der Waals surface area contributed by atoms with Crippen molar-refractivity contribution in [3.05, 3.63) is 51.4 Å². The molecule has 0 aromatic carbocycles. The molecule has 2 aromatic heterocycles. The molecule has 104 valence electrons. The Morgan fingerprint density at radius 2 is 2.00 bits per heavy atom. The molecule has 0 saturated carbocycles. The molecule has 4 nitrogen and oxygen atoms in total. The predicted octanol–water partition coefficient (Wildman–Crippen LogP) is 3.56. The number of ketones is 1. The van der Waals surface area contributed by atoms with Gasteiger partial charge >= 0.3 is 0 Å². The van der Waals surface area contributed by atoms with Crippen molar-refractivity contribution in [3.63, 3.8) is 0 Å². The van der Waals surface area contributed by atoms with Crippen LogP contribution in [0.25, 0.3) is 0 Å². The summed E-state index contributed by atoms with van der Waals surface area (Å²) in [6.07, 6.45) is 3.33. The normalized spacial score (nSPS) is 10.4. The molecule has 1 N–H and O–H groups in total. The molecule has 0 saturated heterocycles. The smallest absolute Gasteiger partial charge is 0.187 e. The van der Waals surface area contributed by atoms with Crippen molar-refractivity contribution >= 4 is 34.8 Å². The summed E-state index contributed by atoms with van der Waals surface area (Å²) < 4.78 is 0. The number of halogens is 2. The number of Topliss-reactive ketones (excluding diaryl/α,β-unsaturated/α-hetero) is 1. The van der Waals surface area contributed by atoms with Crippen LogP contribution in [0.1, 0.15) is 21.6 Å². The van der Waals surface area contributed by atoms with Crippen LogP contribution in [0.4, 0.5) is 5.82 Å². The lowest BCUT2D eigenvalue weighted by atomic mass is 10.1. The van der Waals surface area contributed by atoms with Gasteiger partial charge in [-0.25, -0.2) is 9.97 Å². The van der Waals surface area contributed by atoms with Crippen LogP contribution in [0.3, 0.4) is 0 Å². The highest BCUT2D eigenvalue weighted by Gasteiger charge is 2.15. The highest BCUT2D eigenvalue weighted by molar-refractivity contribution is 6.36. The second kappa shape index (κ2) is 6.20. The lowest BCUT2D eigenvalue weighted by Gasteiger charge is -2.09. The van der Waals surface area contributed by atoms with Gasteiger partial charge in [0.05, 0.1) is 10.0 Å². The lowest BCUT2D eigenvalue weighted by Crippen LogP contribution is -2.09. The zero-order chi connectivity index (χ0) is 14.7. The van der Waals surface area contributed by atoms with E-state index < -0.39 is 0 Å². The van der Waals surface area contributed by atoms with Crippen molar-refractivity contribution in [3.8, 4) is 0 Å². The molecule has 6 heteroatoms. The van der Waals surface area contributed by atoms with Gasteiger partial charge in [-0.15, -0.1) is 0 Å². The van der Waals surface area contributed by atoms with Crippen LogP contribution in [0.15, 0.2) is 24.5 Å². The van der Waals surface area contributed by atoms with Crippen LogP contribution < -0.4 is 5.32 Å². The van der Waals surface area contributed by atoms with Gasteiger partial charge in [0.15, 0.2) is 5.78 Å². The van der Waals surface area contributed by atoms with Crippen LogP contribution in [0.2, 0.25) is 10.0 Å². The molecule has 0 bridgehead atoms. The van der Waals surface area contributed by atoms with E-state index >= 15 is 0 Å². The maximum absolute atomic E-state index is 12.3. The van der Waals surface area contributed by atoms with Gasteiger partial charge in [0.25, 0.3) is 0 Å². The van der Waals surface area contributed by atoms with Crippen molar-refractivity contribution in [1.82, 2.24) is 9.97 Å². The average Bonchev–Trinajstić information content (AvgIpc) is 2.38. The SMILES string of the molecule is CNc1ncc(C)cc1CC(=O)c1ncc(Cl)cc1Cl. The number of pyridine rings is 2. The highest BCUT2D eigenvalue weighted by atomic mass is 35.5. The summed E-state index contributed by atoms with van der Waals surface area (Å²) in [6.45, 7) is 1.92. The summed E-state index contributed by atoms with van der Waals surface area (Å²) in [5, 5.41) is 3.63.